The Kier molecular flexibility index (Phi) is 7.60. The van der Waals surface area contributed by atoms with Crippen molar-refractivity contribution in [2.45, 2.75) is 76.6 Å². The van der Waals surface area contributed by atoms with Gasteiger partial charge in [-0.2, -0.15) is 0 Å². The largest absolute Gasteiger partial charge is 0.376 e. The van der Waals surface area contributed by atoms with Gasteiger partial charge in [-0.3, -0.25) is 9.59 Å². The Morgan fingerprint density at radius 1 is 1.08 bits per heavy atom. The summed E-state index contributed by atoms with van der Waals surface area (Å²) in [6.45, 7) is 3.16. The Labute approximate surface area is 212 Å². The lowest BCUT2D eigenvalue weighted by atomic mass is 10.00. The molecule has 2 heterocycles. The van der Waals surface area contributed by atoms with Crippen LogP contribution in [0.3, 0.4) is 0 Å². The van der Waals surface area contributed by atoms with Crippen molar-refractivity contribution in [3.05, 3.63) is 59.7 Å². The van der Waals surface area contributed by atoms with Crippen molar-refractivity contribution in [1.29, 1.82) is 0 Å². The number of ether oxygens (including phenoxy) is 1. The van der Waals surface area contributed by atoms with Gasteiger partial charge < -0.3 is 15.0 Å². The fraction of sp³-hybridized carbons (Fsp3) is 0.500. The van der Waals surface area contributed by atoms with Crippen LogP contribution >= 0.6 is 0 Å². The molecule has 2 unspecified atom stereocenters. The van der Waals surface area contributed by atoms with Crippen molar-refractivity contribution in [3.63, 3.8) is 0 Å². The smallest absolute Gasteiger partial charge is 0.247 e. The summed E-state index contributed by atoms with van der Waals surface area (Å²) >= 11 is 0. The van der Waals surface area contributed by atoms with Crippen molar-refractivity contribution >= 4 is 22.8 Å². The lowest BCUT2D eigenvalue weighted by molar-refractivity contribution is -0.143. The third-order valence-corrected chi connectivity index (χ3v) is 7.42. The molecule has 190 valence electrons. The lowest BCUT2D eigenvalue weighted by Gasteiger charge is -2.34. The molecule has 1 N–H and O–H groups in total. The number of rotatable bonds is 9. The number of hydrogen-bond donors (Lipinski definition) is 1. The summed E-state index contributed by atoms with van der Waals surface area (Å²) in [5.74, 6) is -0.298. The molecule has 3 aromatic rings. The monoisotopic (exact) mass is 489 g/mol. The van der Waals surface area contributed by atoms with Gasteiger partial charge in [0.25, 0.3) is 0 Å². The van der Waals surface area contributed by atoms with E-state index < -0.39 is 6.04 Å². The predicted molar refractivity (Wildman–Crippen MR) is 137 cm³/mol. The van der Waals surface area contributed by atoms with E-state index in [2.05, 4.69) is 22.6 Å². The molecule has 0 spiro atoms. The molecule has 1 aliphatic heterocycles. The van der Waals surface area contributed by atoms with Gasteiger partial charge in [-0.1, -0.05) is 61.4 Å². The van der Waals surface area contributed by atoms with Crippen LogP contribution in [0.5, 0.6) is 0 Å². The second-order valence-electron chi connectivity index (χ2n) is 9.90. The van der Waals surface area contributed by atoms with Crippen molar-refractivity contribution in [3.8, 4) is 0 Å². The molecule has 1 saturated carbocycles. The SMILES string of the molecule is CCc1ccc(C(C(=O)NC2CCCC2)N(CC2CCCO2)C(=O)Cn2nnc3ccccc32)cc1. The van der Waals surface area contributed by atoms with Crippen molar-refractivity contribution in [1.82, 2.24) is 25.2 Å². The Morgan fingerprint density at radius 2 is 1.86 bits per heavy atom. The van der Waals surface area contributed by atoms with Crippen LogP contribution in [-0.2, 0) is 27.3 Å². The van der Waals surface area contributed by atoms with E-state index in [1.165, 1.54) is 5.56 Å². The fourth-order valence-electron chi connectivity index (χ4n) is 5.37. The van der Waals surface area contributed by atoms with Crippen molar-refractivity contribution < 1.29 is 14.3 Å². The zero-order valence-corrected chi connectivity index (χ0v) is 20.9. The Balaban J connectivity index is 1.48. The normalized spacial score (nSPS) is 19.0. The highest BCUT2D eigenvalue weighted by molar-refractivity contribution is 5.89. The molecule has 1 aliphatic carbocycles. The standard InChI is InChI=1S/C28H35N5O3/c1-2-20-13-15-21(16-14-20)27(28(35)29-22-8-3-4-9-22)32(18-23-10-7-17-36-23)26(34)19-33-25-12-6-5-11-24(25)30-31-33/h5-6,11-16,22-23,27H,2-4,7-10,17-19H2,1H3,(H,29,35). The molecular formula is C28H35N5O3. The number of aromatic nitrogens is 3. The van der Waals surface area contributed by atoms with Gasteiger partial charge in [0.15, 0.2) is 0 Å². The average Bonchev–Trinajstić information content (AvgIpc) is 3.67. The first-order valence-corrected chi connectivity index (χ1v) is 13.2. The maximum atomic E-state index is 13.9. The van der Waals surface area contributed by atoms with Crippen LogP contribution in [0.4, 0.5) is 0 Å². The average molecular weight is 490 g/mol. The third kappa shape index (κ3) is 5.43. The number of aryl methyl sites for hydroxylation is 1. The maximum Gasteiger partial charge on any atom is 0.247 e. The highest BCUT2D eigenvalue weighted by atomic mass is 16.5. The van der Waals surface area contributed by atoms with E-state index >= 15 is 0 Å². The van der Waals surface area contributed by atoms with Crippen LogP contribution in [0.2, 0.25) is 0 Å². The summed E-state index contributed by atoms with van der Waals surface area (Å²) in [6.07, 6.45) is 6.88. The Hall–Kier alpha value is -3.26. The summed E-state index contributed by atoms with van der Waals surface area (Å²) in [5.41, 5.74) is 3.54. The van der Waals surface area contributed by atoms with Crippen LogP contribution < -0.4 is 5.32 Å². The molecule has 36 heavy (non-hydrogen) atoms. The van der Waals surface area contributed by atoms with E-state index in [9.17, 15) is 9.59 Å². The molecule has 8 heteroatoms. The quantitative estimate of drug-likeness (QED) is 0.494. The topological polar surface area (TPSA) is 89.4 Å². The van der Waals surface area contributed by atoms with Gasteiger partial charge in [-0.05, 0) is 55.4 Å². The number of nitrogens with zero attached hydrogens (tertiary/aromatic N) is 4. The Bertz CT molecular complexity index is 1180. The second kappa shape index (κ2) is 11.2. The van der Waals surface area contributed by atoms with E-state index in [-0.39, 0.29) is 30.5 Å². The first-order chi connectivity index (χ1) is 17.6. The van der Waals surface area contributed by atoms with Gasteiger partial charge in [0, 0.05) is 19.2 Å². The highest BCUT2D eigenvalue weighted by Gasteiger charge is 2.35. The summed E-state index contributed by atoms with van der Waals surface area (Å²) in [6, 6.07) is 15.1. The number of nitrogens with one attached hydrogen (secondary N) is 1. The van der Waals surface area contributed by atoms with Crippen molar-refractivity contribution in [2.24, 2.45) is 0 Å². The number of hydrogen-bond acceptors (Lipinski definition) is 5. The van der Waals surface area contributed by atoms with Gasteiger partial charge in [0.05, 0.1) is 11.6 Å². The number of carbonyl (C=O) groups is 2. The Morgan fingerprint density at radius 3 is 2.58 bits per heavy atom. The molecule has 0 bridgehead atoms. The second-order valence-corrected chi connectivity index (χ2v) is 9.90. The molecule has 2 fully saturated rings. The minimum atomic E-state index is -0.733. The number of benzene rings is 2. The molecule has 1 saturated heterocycles. The minimum Gasteiger partial charge on any atom is -0.376 e. The first-order valence-electron chi connectivity index (χ1n) is 13.2. The van der Waals surface area contributed by atoms with Gasteiger partial charge >= 0.3 is 0 Å². The number of para-hydroxylation sites is 1. The number of fused-ring (bicyclic) bond motifs is 1. The van der Waals surface area contributed by atoms with Crippen LogP contribution in [0.25, 0.3) is 11.0 Å². The van der Waals surface area contributed by atoms with Crippen LogP contribution in [0, 0.1) is 0 Å². The lowest BCUT2D eigenvalue weighted by Crippen LogP contribution is -2.49. The van der Waals surface area contributed by atoms with Crippen LogP contribution in [0.15, 0.2) is 48.5 Å². The molecule has 0 radical (unpaired) electrons. The summed E-state index contributed by atoms with van der Waals surface area (Å²) < 4.78 is 7.53. The highest BCUT2D eigenvalue weighted by Crippen LogP contribution is 2.27. The van der Waals surface area contributed by atoms with Gasteiger partial charge in [-0.25, -0.2) is 4.68 Å². The molecule has 2 aromatic carbocycles. The zero-order chi connectivity index (χ0) is 24.9. The maximum absolute atomic E-state index is 13.9. The third-order valence-electron chi connectivity index (χ3n) is 7.42. The molecule has 5 rings (SSSR count). The minimum absolute atomic E-state index is 0.00743. The van der Waals surface area contributed by atoms with Crippen molar-refractivity contribution in [2.75, 3.05) is 13.2 Å². The summed E-state index contributed by atoms with van der Waals surface area (Å²) in [4.78, 5) is 29.4. The van der Waals surface area contributed by atoms with E-state index in [0.717, 1.165) is 61.5 Å². The fourth-order valence-corrected chi connectivity index (χ4v) is 5.37. The molecular weight excluding hydrogens is 454 g/mol. The van der Waals surface area contributed by atoms with E-state index in [1.807, 2.05) is 48.5 Å². The molecule has 2 amide bonds. The zero-order valence-electron chi connectivity index (χ0n) is 20.9. The van der Waals surface area contributed by atoms with E-state index in [1.54, 1.807) is 9.58 Å². The first kappa shape index (κ1) is 24.4. The van der Waals surface area contributed by atoms with Gasteiger partial charge in [0.1, 0.15) is 18.1 Å². The van der Waals surface area contributed by atoms with E-state index in [4.69, 9.17) is 4.74 Å². The molecule has 2 aliphatic rings. The summed E-state index contributed by atoms with van der Waals surface area (Å²) in [7, 11) is 0. The summed E-state index contributed by atoms with van der Waals surface area (Å²) in [5, 5.41) is 11.7. The molecule has 1 aromatic heterocycles. The number of carbonyl (C=O) groups excluding carboxylic acids is 2. The van der Waals surface area contributed by atoms with Crippen LogP contribution in [-0.4, -0.2) is 57.0 Å². The molecule has 8 nitrogen and oxygen atoms in total. The van der Waals surface area contributed by atoms with E-state index in [0.29, 0.717) is 13.2 Å². The van der Waals surface area contributed by atoms with Crippen LogP contribution in [0.1, 0.15) is 62.6 Å². The van der Waals surface area contributed by atoms with Gasteiger partial charge in [-0.15, -0.1) is 5.10 Å². The predicted octanol–water partition coefficient (Wildman–Crippen LogP) is 3.80. The van der Waals surface area contributed by atoms with Gasteiger partial charge in [0.2, 0.25) is 11.8 Å². The molecule has 2 atom stereocenters. The number of amides is 2.